The van der Waals surface area contributed by atoms with E-state index in [0.29, 0.717) is 0 Å². The third-order valence-electron chi connectivity index (χ3n) is 4.17. The smallest absolute Gasteiger partial charge is 0.0730 e. The van der Waals surface area contributed by atoms with E-state index in [2.05, 4.69) is 82.8 Å². The molecule has 0 unspecified atom stereocenters. The Morgan fingerprint density at radius 1 is 0.846 bits per heavy atom. The Hall–Kier alpha value is -2.36. The van der Waals surface area contributed by atoms with Crippen LogP contribution in [0.2, 0.25) is 0 Å². The van der Waals surface area contributed by atoms with Gasteiger partial charge in [-0.2, -0.15) is 0 Å². The number of anilines is 2. The highest BCUT2D eigenvalue weighted by atomic mass is 79.9. The molecule has 1 aromatic heterocycles. The van der Waals surface area contributed by atoms with Gasteiger partial charge in [-0.15, -0.1) is 12.4 Å². The Labute approximate surface area is 167 Å². The number of hydrogen-bond donors (Lipinski definition) is 1. The highest BCUT2D eigenvalue weighted by Crippen LogP contribution is 2.31. The van der Waals surface area contributed by atoms with Crippen molar-refractivity contribution in [2.75, 3.05) is 5.32 Å². The van der Waals surface area contributed by atoms with Crippen LogP contribution in [0.25, 0.3) is 22.2 Å². The van der Waals surface area contributed by atoms with Crippen molar-refractivity contribution in [2.24, 2.45) is 0 Å². The molecule has 4 aromatic rings. The zero-order valence-electron chi connectivity index (χ0n) is 14.2. The average molecular weight is 426 g/mol. The molecule has 0 aliphatic rings. The van der Waals surface area contributed by atoms with Crippen molar-refractivity contribution < 1.29 is 0 Å². The fourth-order valence-electron chi connectivity index (χ4n) is 2.87. The minimum Gasteiger partial charge on any atom is -0.355 e. The molecule has 130 valence electrons. The number of aromatic nitrogens is 1. The summed E-state index contributed by atoms with van der Waals surface area (Å²) in [5.41, 5.74) is 6.41. The van der Waals surface area contributed by atoms with Gasteiger partial charge in [0.05, 0.1) is 16.9 Å². The maximum atomic E-state index is 4.84. The Balaban J connectivity index is 0.00000196. The summed E-state index contributed by atoms with van der Waals surface area (Å²) in [7, 11) is 0. The molecular formula is C22H18BrClN2. The summed E-state index contributed by atoms with van der Waals surface area (Å²) in [6, 6.07) is 27.0. The van der Waals surface area contributed by atoms with Gasteiger partial charge >= 0.3 is 0 Å². The van der Waals surface area contributed by atoms with E-state index in [4.69, 9.17) is 4.98 Å². The quantitative estimate of drug-likeness (QED) is 0.377. The number of para-hydroxylation sites is 1. The number of benzene rings is 3. The van der Waals surface area contributed by atoms with E-state index >= 15 is 0 Å². The Kier molecular flexibility index (Phi) is 5.60. The maximum Gasteiger partial charge on any atom is 0.0730 e. The van der Waals surface area contributed by atoms with Crippen LogP contribution < -0.4 is 5.32 Å². The molecule has 0 amide bonds. The SMILES string of the molecule is Cc1ccc(Nc2cc(-c3cccc(Br)c3)nc3ccccc23)cc1.Cl. The van der Waals surface area contributed by atoms with Gasteiger partial charge in [0, 0.05) is 21.1 Å². The largest absolute Gasteiger partial charge is 0.355 e. The van der Waals surface area contributed by atoms with Crippen LogP contribution >= 0.6 is 28.3 Å². The van der Waals surface area contributed by atoms with Crippen LogP contribution in [0.15, 0.2) is 83.3 Å². The molecule has 0 aliphatic carbocycles. The first-order valence-corrected chi connectivity index (χ1v) is 8.98. The Morgan fingerprint density at radius 2 is 1.62 bits per heavy atom. The molecule has 4 heteroatoms. The van der Waals surface area contributed by atoms with Gasteiger partial charge in [-0.05, 0) is 43.3 Å². The number of aryl methyl sites for hydroxylation is 1. The maximum absolute atomic E-state index is 4.84. The molecule has 4 rings (SSSR count). The van der Waals surface area contributed by atoms with E-state index < -0.39 is 0 Å². The molecule has 1 heterocycles. The zero-order valence-corrected chi connectivity index (χ0v) is 16.6. The van der Waals surface area contributed by atoms with Gasteiger partial charge in [0.2, 0.25) is 0 Å². The number of nitrogens with zero attached hydrogens (tertiary/aromatic N) is 1. The van der Waals surface area contributed by atoms with Gasteiger partial charge in [-0.1, -0.05) is 64.0 Å². The van der Waals surface area contributed by atoms with Crippen molar-refractivity contribution >= 4 is 50.6 Å². The van der Waals surface area contributed by atoms with Crippen LogP contribution in [0.4, 0.5) is 11.4 Å². The minimum absolute atomic E-state index is 0. The van der Waals surface area contributed by atoms with E-state index in [1.807, 2.05) is 24.3 Å². The molecule has 0 radical (unpaired) electrons. The summed E-state index contributed by atoms with van der Waals surface area (Å²) >= 11 is 3.54. The highest BCUT2D eigenvalue weighted by molar-refractivity contribution is 9.10. The lowest BCUT2D eigenvalue weighted by atomic mass is 10.1. The van der Waals surface area contributed by atoms with Crippen molar-refractivity contribution in [3.05, 3.63) is 88.9 Å². The number of halogens is 2. The van der Waals surface area contributed by atoms with E-state index in [1.165, 1.54) is 5.56 Å². The first kappa shape index (κ1) is 18.4. The summed E-state index contributed by atoms with van der Waals surface area (Å²) in [5.74, 6) is 0. The lowest BCUT2D eigenvalue weighted by Gasteiger charge is -2.12. The lowest BCUT2D eigenvalue weighted by Crippen LogP contribution is -1.95. The van der Waals surface area contributed by atoms with Crippen LogP contribution in [-0.2, 0) is 0 Å². The molecule has 0 saturated carbocycles. The van der Waals surface area contributed by atoms with Gasteiger partial charge in [-0.3, -0.25) is 0 Å². The van der Waals surface area contributed by atoms with Gasteiger partial charge in [0.15, 0.2) is 0 Å². The van der Waals surface area contributed by atoms with Crippen molar-refractivity contribution in [3.8, 4) is 11.3 Å². The first-order chi connectivity index (χ1) is 12.2. The van der Waals surface area contributed by atoms with Crippen molar-refractivity contribution in [1.29, 1.82) is 0 Å². The van der Waals surface area contributed by atoms with E-state index in [-0.39, 0.29) is 12.4 Å². The highest BCUT2D eigenvalue weighted by Gasteiger charge is 2.08. The average Bonchev–Trinajstić information content (AvgIpc) is 2.63. The number of nitrogens with one attached hydrogen (secondary N) is 1. The zero-order chi connectivity index (χ0) is 17.2. The number of hydrogen-bond acceptors (Lipinski definition) is 2. The lowest BCUT2D eigenvalue weighted by molar-refractivity contribution is 1.39. The predicted octanol–water partition coefficient (Wildman–Crippen LogP) is 7.14. The van der Waals surface area contributed by atoms with Crippen LogP contribution in [0, 0.1) is 6.92 Å². The van der Waals surface area contributed by atoms with Crippen LogP contribution in [-0.4, -0.2) is 4.98 Å². The van der Waals surface area contributed by atoms with E-state index in [9.17, 15) is 0 Å². The van der Waals surface area contributed by atoms with Crippen LogP contribution in [0.3, 0.4) is 0 Å². The van der Waals surface area contributed by atoms with Crippen LogP contribution in [0.5, 0.6) is 0 Å². The minimum atomic E-state index is 0. The topological polar surface area (TPSA) is 24.9 Å². The van der Waals surface area contributed by atoms with Gasteiger partial charge in [-0.25, -0.2) is 4.98 Å². The Morgan fingerprint density at radius 3 is 2.38 bits per heavy atom. The third-order valence-corrected chi connectivity index (χ3v) is 4.66. The predicted molar refractivity (Wildman–Crippen MR) is 117 cm³/mol. The fourth-order valence-corrected chi connectivity index (χ4v) is 3.27. The summed E-state index contributed by atoms with van der Waals surface area (Å²) in [4.78, 5) is 4.84. The molecule has 26 heavy (non-hydrogen) atoms. The second-order valence-electron chi connectivity index (χ2n) is 6.07. The third kappa shape index (κ3) is 3.90. The number of rotatable bonds is 3. The molecule has 2 nitrogen and oxygen atoms in total. The van der Waals surface area contributed by atoms with Crippen LogP contribution in [0.1, 0.15) is 5.56 Å². The summed E-state index contributed by atoms with van der Waals surface area (Å²) in [6.07, 6.45) is 0. The van der Waals surface area contributed by atoms with E-state index in [0.717, 1.165) is 38.0 Å². The van der Waals surface area contributed by atoms with Crippen molar-refractivity contribution in [3.63, 3.8) is 0 Å². The second-order valence-corrected chi connectivity index (χ2v) is 6.99. The molecular weight excluding hydrogens is 408 g/mol. The van der Waals surface area contributed by atoms with Gasteiger partial charge in [0.1, 0.15) is 0 Å². The van der Waals surface area contributed by atoms with Crippen molar-refractivity contribution in [1.82, 2.24) is 4.98 Å². The van der Waals surface area contributed by atoms with Gasteiger partial charge in [0.25, 0.3) is 0 Å². The molecule has 0 fully saturated rings. The van der Waals surface area contributed by atoms with Crippen molar-refractivity contribution in [2.45, 2.75) is 6.92 Å². The molecule has 0 bridgehead atoms. The molecule has 0 aliphatic heterocycles. The fraction of sp³-hybridized carbons (Fsp3) is 0.0455. The molecule has 0 atom stereocenters. The Bertz CT molecular complexity index is 1050. The number of fused-ring (bicyclic) bond motifs is 1. The summed E-state index contributed by atoms with van der Waals surface area (Å²) in [5, 5.41) is 4.66. The standard InChI is InChI=1S/C22H17BrN2.ClH/c1-15-9-11-18(12-10-15)24-22-14-21(16-5-4-6-17(23)13-16)25-20-8-3-2-7-19(20)22;/h2-14H,1H3,(H,24,25);1H. The summed E-state index contributed by atoms with van der Waals surface area (Å²) in [6.45, 7) is 2.09. The number of pyridine rings is 1. The molecule has 0 saturated heterocycles. The van der Waals surface area contributed by atoms with E-state index in [1.54, 1.807) is 0 Å². The molecule has 3 aromatic carbocycles. The molecule has 0 spiro atoms. The summed E-state index contributed by atoms with van der Waals surface area (Å²) < 4.78 is 1.05. The van der Waals surface area contributed by atoms with Gasteiger partial charge < -0.3 is 5.32 Å². The first-order valence-electron chi connectivity index (χ1n) is 8.18. The molecule has 1 N–H and O–H groups in total. The second kappa shape index (κ2) is 7.90. The normalized spacial score (nSPS) is 10.4. The monoisotopic (exact) mass is 424 g/mol.